The van der Waals surface area contributed by atoms with Crippen LogP contribution in [0, 0.1) is 5.82 Å². The van der Waals surface area contributed by atoms with Gasteiger partial charge >= 0.3 is 6.03 Å². The van der Waals surface area contributed by atoms with Crippen LogP contribution in [0.4, 0.5) is 14.9 Å². The zero-order valence-corrected chi connectivity index (χ0v) is 15.5. The number of nitrogens with one attached hydrogen (secondary N) is 1. The third kappa shape index (κ3) is 3.89. The fourth-order valence-electron chi connectivity index (χ4n) is 2.65. The lowest BCUT2D eigenvalue weighted by Gasteiger charge is -2.22. The molecular weight excluding hydrogens is 376 g/mol. The van der Waals surface area contributed by atoms with Crippen LogP contribution in [0.2, 0.25) is 10.2 Å². The summed E-state index contributed by atoms with van der Waals surface area (Å²) in [5.41, 5.74) is 1.32. The average molecular weight is 392 g/mol. The number of hydrogen-bond donors (Lipinski definition) is 1. The Morgan fingerprint density at radius 1 is 1.19 bits per heavy atom. The fourth-order valence-corrected chi connectivity index (χ4v) is 3.05. The van der Waals surface area contributed by atoms with Crippen LogP contribution in [-0.4, -0.2) is 22.5 Å². The summed E-state index contributed by atoms with van der Waals surface area (Å²) in [6.45, 7) is 2.72. The van der Waals surface area contributed by atoms with E-state index in [-0.39, 0.29) is 11.1 Å². The lowest BCUT2D eigenvalue weighted by molar-refractivity contribution is 0.212. The van der Waals surface area contributed by atoms with E-state index >= 15 is 0 Å². The van der Waals surface area contributed by atoms with Gasteiger partial charge in [0.05, 0.1) is 5.02 Å². The van der Waals surface area contributed by atoms with Gasteiger partial charge in [-0.2, -0.15) is 0 Å². The molecule has 2 amide bonds. The Morgan fingerprint density at radius 2 is 1.92 bits per heavy atom. The van der Waals surface area contributed by atoms with Gasteiger partial charge in [-0.1, -0.05) is 47.5 Å². The summed E-state index contributed by atoms with van der Waals surface area (Å²) in [7, 11) is 0. The molecule has 0 saturated carbocycles. The summed E-state index contributed by atoms with van der Waals surface area (Å²) >= 11 is 11.9. The van der Waals surface area contributed by atoms with Gasteiger partial charge in [0.25, 0.3) is 0 Å². The number of anilines is 1. The second-order valence-corrected chi connectivity index (χ2v) is 6.46. The number of carbonyl (C=O) groups excluding carboxylic acids is 1. The van der Waals surface area contributed by atoms with Crippen molar-refractivity contribution in [3.63, 3.8) is 0 Å². The Morgan fingerprint density at radius 3 is 2.62 bits per heavy atom. The topological polar surface area (TPSA) is 45.2 Å². The third-order valence-electron chi connectivity index (χ3n) is 4.03. The van der Waals surface area contributed by atoms with Gasteiger partial charge in [-0.15, -0.1) is 0 Å². The van der Waals surface area contributed by atoms with Crippen molar-refractivity contribution in [3.8, 4) is 0 Å². The van der Waals surface area contributed by atoms with Crippen molar-refractivity contribution in [1.82, 2.24) is 9.88 Å². The second kappa shape index (κ2) is 7.89. The molecule has 0 aliphatic carbocycles. The smallest absolute Gasteiger partial charge is 0.320 e. The van der Waals surface area contributed by atoms with E-state index in [1.807, 2.05) is 31.2 Å². The molecule has 0 atom stereocenters. The van der Waals surface area contributed by atoms with E-state index in [0.717, 1.165) is 16.3 Å². The lowest BCUT2D eigenvalue weighted by atomic mass is 10.1. The first-order valence-corrected chi connectivity index (χ1v) is 8.78. The van der Waals surface area contributed by atoms with Gasteiger partial charge in [0.1, 0.15) is 11.0 Å². The van der Waals surface area contributed by atoms with Gasteiger partial charge in [0.2, 0.25) is 0 Å². The molecule has 0 spiro atoms. The number of pyridine rings is 1. The molecule has 0 bridgehead atoms. The number of rotatable bonds is 4. The largest absolute Gasteiger partial charge is 0.322 e. The number of carbonyl (C=O) groups is 1. The summed E-state index contributed by atoms with van der Waals surface area (Å²) in [6, 6.07) is 11.4. The molecule has 0 aliphatic heterocycles. The highest BCUT2D eigenvalue weighted by Gasteiger charge is 2.15. The number of halogens is 3. The number of benzene rings is 2. The van der Waals surface area contributed by atoms with Crippen LogP contribution in [-0.2, 0) is 6.54 Å². The van der Waals surface area contributed by atoms with Gasteiger partial charge in [-0.25, -0.2) is 14.2 Å². The predicted octanol–water partition coefficient (Wildman–Crippen LogP) is 5.73. The van der Waals surface area contributed by atoms with E-state index in [1.165, 1.54) is 18.2 Å². The number of nitrogens with zero attached hydrogens (tertiary/aromatic N) is 2. The van der Waals surface area contributed by atoms with Crippen molar-refractivity contribution >= 4 is 45.7 Å². The molecule has 0 saturated heterocycles. The predicted molar refractivity (Wildman–Crippen MR) is 103 cm³/mol. The fraction of sp³-hybridized carbons (Fsp3) is 0.158. The molecule has 7 heteroatoms. The molecule has 134 valence electrons. The zero-order chi connectivity index (χ0) is 18.7. The SMILES string of the molecule is CCN(Cc1cnc(Cl)c2ccccc12)C(=O)Nc1ccc(F)c(Cl)c1. The molecule has 0 fully saturated rings. The van der Waals surface area contributed by atoms with Gasteiger partial charge in [0.15, 0.2) is 0 Å². The first-order valence-electron chi connectivity index (χ1n) is 8.02. The Labute approximate surface area is 160 Å². The first kappa shape index (κ1) is 18.4. The number of hydrogen-bond acceptors (Lipinski definition) is 2. The molecule has 1 N–H and O–H groups in total. The summed E-state index contributed by atoms with van der Waals surface area (Å²) in [5.74, 6) is -0.532. The van der Waals surface area contributed by atoms with Gasteiger partial charge in [0, 0.05) is 30.4 Å². The van der Waals surface area contributed by atoms with Crippen LogP contribution in [0.25, 0.3) is 10.8 Å². The van der Waals surface area contributed by atoms with Crippen molar-refractivity contribution in [3.05, 3.63) is 70.2 Å². The van der Waals surface area contributed by atoms with Crippen LogP contribution in [0.5, 0.6) is 0 Å². The van der Waals surface area contributed by atoms with Crippen LogP contribution in [0.15, 0.2) is 48.7 Å². The molecule has 0 aliphatic rings. The highest BCUT2D eigenvalue weighted by atomic mass is 35.5. The van der Waals surface area contributed by atoms with Crippen molar-refractivity contribution < 1.29 is 9.18 Å². The second-order valence-electron chi connectivity index (χ2n) is 5.69. The quantitative estimate of drug-likeness (QED) is 0.576. The van der Waals surface area contributed by atoms with Crippen molar-refractivity contribution in [2.24, 2.45) is 0 Å². The molecule has 1 heterocycles. The maximum absolute atomic E-state index is 13.3. The number of fused-ring (bicyclic) bond motifs is 1. The molecule has 0 radical (unpaired) electrons. The lowest BCUT2D eigenvalue weighted by Crippen LogP contribution is -2.34. The number of aromatic nitrogens is 1. The summed E-state index contributed by atoms with van der Waals surface area (Å²) in [4.78, 5) is 18.4. The highest BCUT2D eigenvalue weighted by Crippen LogP contribution is 2.25. The van der Waals surface area contributed by atoms with Crippen LogP contribution >= 0.6 is 23.2 Å². The Bertz CT molecular complexity index is 965. The minimum absolute atomic E-state index is 0.0428. The first-order chi connectivity index (χ1) is 12.5. The van der Waals surface area contributed by atoms with Gasteiger partial charge in [-0.05, 0) is 36.1 Å². The van der Waals surface area contributed by atoms with E-state index in [4.69, 9.17) is 23.2 Å². The Balaban J connectivity index is 1.82. The maximum atomic E-state index is 13.3. The molecule has 2 aromatic carbocycles. The van der Waals surface area contributed by atoms with Gasteiger partial charge in [-0.3, -0.25) is 0 Å². The van der Waals surface area contributed by atoms with Crippen LogP contribution in [0.1, 0.15) is 12.5 Å². The molecule has 3 rings (SSSR count). The van der Waals surface area contributed by atoms with E-state index in [1.54, 1.807) is 11.1 Å². The number of urea groups is 1. The van der Waals surface area contributed by atoms with Crippen molar-refractivity contribution in [1.29, 1.82) is 0 Å². The zero-order valence-electron chi connectivity index (χ0n) is 14.0. The Kier molecular flexibility index (Phi) is 5.59. The van der Waals surface area contributed by atoms with Crippen LogP contribution < -0.4 is 5.32 Å². The van der Waals surface area contributed by atoms with Crippen molar-refractivity contribution in [2.75, 3.05) is 11.9 Å². The summed E-state index contributed by atoms with van der Waals surface area (Å²) < 4.78 is 13.3. The minimum atomic E-state index is -0.532. The molecule has 26 heavy (non-hydrogen) atoms. The van der Waals surface area contributed by atoms with Crippen LogP contribution in [0.3, 0.4) is 0 Å². The van der Waals surface area contributed by atoms with E-state index in [0.29, 0.717) is 23.9 Å². The average Bonchev–Trinajstić information content (AvgIpc) is 2.64. The maximum Gasteiger partial charge on any atom is 0.322 e. The summed E-state index contributed by atoms with van der Waals surface area (Å²) in [5, 5.41) is 4.90. The molecule has 0 unspecified atom stereocenters. The standard InChI is InChI=1S/C19H16Cl2FN3O/c1-2-25(19(26)24-13-7-8-17(22)16(20)9-13)11-12-10-23-18(21)15-6-4-3-5-14(12)15/h3-10H,2,11H2,1H3,(H,24,26). The monoisotopic (exact) mass is 391 g/mol. The van der Waals surface area contributed by atoms with Gasteiger partial charge < -0.3 is 10.2 Å². The van der Waals surface area contributed by atoms with E-state index in [2.05, 4.69) is 10.3 Å². The normalized spacial score (nSPS) is 10.8. The van der Waals surface area contributed by atoms with Crippen molar-refractivity contribution in [2.45, 2.75) is 13.5 Å². The molecule has 1 aromatic heterocycles. The molecule has 3 aromatic rings. The molecular formula is C19H16Cl2FN3O. The van der Waals surface area contributed by atoms with E-state index in [9.17, 15) is 9.18 Å². The summed E-state index contributed by atoms with van der Waals surface area (Å²) in [6.07, 6.45) is 1.68. The third-order valence-corrected chi connectivity index (χ3v) is 4.62. The Hall–Kier alpha value is -2.37. The molecule has 4 nitrogen and oxygen atoms in total. The minimum Gasteiger partial charge on any atom is -0.320 e. The number of amides is 2. The van der Waals surface area contributed by atoms with E-state index < -0.39 is 5.82 Å². The highest BCUT2D eigenvalue weighted by molar-refractivity contribution is 6.34.